The van der Waals surface area contributed by atoms with Crippen LogP contribution >= 0.6 is 0 Å². The molecular weight excluding hydrogens is 302 g/mol. The number of nitrogens with zero attached hydrogens (tertiary/aromatic N) is 3. The van der Waals surface area contributed by atoms with Crippen LogP contribution in [0, 0.1) is 6.92 Å². The zero-order valence-corrected chi connectivity index (χ0v) is 14.2. The van der Waals surface area contributed by atoms with E-state index in [9.17, 15) is 0 Å². The van der Waals surface area contributed by atoms with Crippen LogP contribution in [-0.2, 0) is 0 Å². The first-order valence-electron chi connectivity index (χ1n) is 8.52. The molecule has 1 unspecified atom stereocenters. The SMILES string of the molecule is Cc1ccc(N2CCN(C(C)c3ccc4c(c3)OCO4)CC2)nc1. The highest BCUT2D eigenvalue weighted by atomic mass is 16.7. The van der Waals surface area contributed by atoms with Gasteiger partial charge in [-0.25, -0.2) is 4.98 Å². The summed E-state index contributed by atoms with van der Waals surface area (Å²) in [7, 11) is 0. The average molecular weight is 325 g/mol. The molecule has 2 aliphatic rings. The van der Waals surface area contributed by atoms with Crippen LogP contribution in [0.2, 0.25) is 0 Å². The third-order valence-corrected chi connectivity index (χ3v) is 4.96. The summed E-state index contributed by atoms with van der Waals surface area (Å²) >= 11 is 0. The van der Waals surface area contributed by atoms with Gasteiger partial charge in [-0.1, -0.05) is 12.1 Å². The predicted octanol–water partition coefficient (Wildman–Crippen LogP) is 3.00. The Bertz CT molecular complexity index is 709. The number of ether oxygens (including phenoxy) is 2. The molecule has 1 saturated heterocycles. The Morgan fingerprint density at radius 3 is 2.54 bits per heavy atom. The van der Waals surface area contributed by atoms with Gasteiger partial charge in [0, 0.05) is 38.4 Å². The zero-order valence-electron chi connectivity index (χ0n) is 14.2. The highest BCUT2D eigenvalue weighted by molar-refractivity contribution is 5.45. The van der Waals surface area contributed by atoms with Crippen molar-refractivity contribution < 1.29 is 9.47 Å². The normalized spacial score (nSPS) is 18.7. The van der Waals surface area contributed by atoms with E-state index in [1.54, 1.807) is 0 Å². The Morgan fingerprint density at radius 2 is 1.79 bits per heavy atom. The van der Waals surface area contributed by atoms with E-state index in [2.05, 4.69) is 52.9 Å². The number of anilines is 1. The fraction of sp³-hybridized carbons (Fsp3) is 0.421. The van der Waals surface area contributed by atoms with E-state index in [1.807, 2.05) is 12.3 Å². The molecule has 2 aromatic rings. The molecule has 0 saturated carbocycles. The molecule has 4 rings (SSSR count). The van der Waals surface area contributed by atoms with Crippen LogP contribution in [0.1, 0.15) is 24.1 Å². The number of fused-ring (bicyclic) bond motifs is 1. The first kappa shape index (κ1) is 15.3. The van der Waals surface area contributed by atoms with E-state index < -0.39 is 0 Å². The van der Waals surface area contributed by atoms with Gasteiger partial charge in [0.2, 0.25) is 6.79 Å². The monoisotopic (exact) mass is 325 g/mol. The van der Waals surface area contributed by atoms with Crippen LogP contribution in [0.25, 0.3) is 0 Å². The molecule has 1 aromatic heterocycles. The van der Waals surface area contributed by atoms with Crippen molar-refractivity contribution in [1.29, 1.82) is 0 Å². The molecule has 0 amide bonds. The third kappa shape index (κ3) is 2.91. The number of piperazine rings is 1. The van der Waals surface area contributed by atoms with Crippen molar-refractivity contribution in [3.05, 3.63) is 47.7 Å². The highest BCUT2D eigenvalue weighted by Crippen LogP contribution is 2.35. The summed E-state index contributed by atoms with van der Waals surface area (Å²) in [4.78, 5) is 9.43. The number of rotatable bonds is 3. The summed E-state index contributed by atoms with van der Waals surface area (Å²) in [6.07, 6.45) is 1.94. The van der Waals surface area contributed by atoms with Crippen molar-refractivity contribution >= 4 is 5.82 Å². The number of hydrogen-bond acceptors (Lipinski definition) is 5. The summed E-state index contributed by atoms with van der Waals surface area (Å²) in [6.45, 7) is 8.74. The minimum Gasteiger partial charge on any atom is -0.454 e. The van der Waals surface area contributed by atoms with E-state index in [1.165, 1.54) is 11.1 Å². The van der Waals surface area contributed by atoms with Crippen LogP contribution in [0.15, 0.2) is 36.5 Å². The summed E-state index contributed by atoms with van der Waals surface area (Å²) in [5.74, 6) is 2.79. The third-order valence-electron chi connectivity index (χ3n) is 4.96. The van der Waals surface area contributed by atoms with Crippen molar-refractivity contribution in [1.82, 2.24) is 9.88 Å². The van der Waals surface area contributed by atoms with Gasteiger partial charge in [0.1, 0.15) is 5.82 Å². The van der Waals surface area contributed by atoms with E-state index in [0.29, 0.717) is 12.8 Å². The quantitative estimate of drug-likeness (QED) is 0.867. The molecule has 2 aliphatic heterocycles. The fourth-order valence-corrected chi connectivity index (χ4v) is 3.37. The summed E-state index contributed by atoms with van der Waals surface area (Å²) in [5.41, 5.74) is 2.48. The Kier molecular flexibility index (Phi) is 4.02. The van der Waals surface area contributed by atoms with Crippen LogP contribution in [0.4, 0.5) is 5.82 Å². The lowest BCUT2D eigenvalue weighted by Crippen LogP contribution is -2.47. The van der Waals surface area contributed by atoms with Gasteiger partial charge < -0.3 is 14.4 Å². The Morgan fingerprint density at radius 1 is 1.00 bits per heavy atom. The minimum absolute atomic E-state index is 0.329. The highest BCUT2D eigenvalue weighted by Gasteiger charge is 2.24. The van der Waals surface area contributed by atoms with Crippen LogP contribution in [0.5, 0.6) is 11.5 Å². The van der Waals surface area contributed by atoms with Gasteiger partial charge in [-0.3, -0.25) is 4.90 Å². The fourth-order valence-electron chi connectivity index (χ4n) is 3.37. The van der Waals surface area contributed by atoms with Crippen molar-refractivity contribution in [2.45, 2.75) is 19.9 Å². The number of aromatic nitrogens is 1. The maximum absolute atomic E-state index is 5.50. The van der Waals surface area contributed by atoms with E-state index in [-0.39, 0.29) is 0 Å². The second-order valence-corrected chi connectivity index (χ2v) is 6.51. The van der Waals surface area contributed by atoms with Gasteiger partial charge in [-0.15, -0.1) is 0 Å². The van der Waals surface area contributed by atoms with E-state index in [0.717, 1.165) is 43.5 Å². The lowest BCUT2D eigenvalue weighted by atomic mass is 10.1. The molecule has 5 nitrogen and oxygen atoms in total. The second kappa shape index (κ2) is 6.32. The topological polar surface area (TPSA) is 37.8 Å². The molecule has 0 aliphatic carbocycles. The van der Waals surface area contributed by atoms with Gasteiger partial charge >= 0.3 is 0 Å². The van der Waals surface area contributed by atoms with Crippen molar-refractivity contribution in [3.8, 4) is 11.5 Å². The first-order chi connectivity index (χ1) is 11.7. The van der Waals surface area contributed by atoms with Crippen LogP contribution < -0.4 is 14.4 Å². The number of aryl methyl sites for hydroxylation is 1. The van der Waals surface area contributed by atoms with E-state index in [4.69, 9.17) is 9.47 Å². The molecule has 1 aromatic carbocycles. The summed E-state index contributed by atoms with van der Waals surface area (Å²) in [5, 5.41) is 0. The van der Waals surface area contributed by atoms with Gasteiger partial charge in [-0.05, 0) is 43.2 Å². The molecule has 5 heteroatoms. The van der Waals surface area contributed by atoms with Crippen molar-refractivity contribution in [2.24, 2.45) is 0 Å². The molecule has 0 spiro atoms. The summed E-state index contributed by atoms with van der Waals surface area (Å²) in [6, 6.07) is 10.9. The van der Waals surface area contributed by atoms with Crippen LogP contribution in [-0.4, -0.2) is 42.9 Å². The maximum atomic E-state index is 5.50. The smallest absolute Gasteiger partial charge is 0.231 e. The number of benzene rings is 1. The molecule has 1 fully saturated rings. The molecule has 0 N–H and O–H groups in total. The molecule has 1 atom stereocenters. The van der Waals surface area contributed by atoms with Crippen LogP contribution in [0.3, 0.4) is 0 Å². The average Bonchev–Trinajstić information content (AvgIpc) is 3.09. The van der Waals surface area contributed by atoms with Crippen molar-refractivity contribution in [3.63, 3.8) is 0 Å². The molecule has 0 radical (unpaired) electrons. The molecule has 126 valence electrons. The van der Waals surface area contributed by atoms with E-state index >= 15 is 0 Å². The molecule has 24 heavy (non-hydrogen) atoms. The largest absolute Gasteiger partial charge is 0.454 e. The Labute approximate surface area is 142 Å². The molecular formula is C19H23N3O2. The zero-order chi connectivity index (χ0) is 16.5. The van der Waals surface area contributed by atoms with Gasteiger partial charge in [0.25, 0.3) is 0 Å². The Hall–Kier alpha value is -2.27. The standard InChI is InChI=1S/C19H23N3O2/c1-14-3-6-19(20-12-14)22-9-7-21(8-10-22)15(2)16-4-5-17-18(11-16)24-13-23-17/h3-6,11-12,15H,7-10,13H2,1-2H3. The molecule has 3 heterocycles. The van der Waals surface area contributed by atoms with Gasteiger partial charge in [0.15, 0.2) is 11.5 Å². The molecule has 0 bridgehead atoms. The second-order valence-electron chi connectivity index (χ2n) is 6.51. The lowest BCUT2D eigenvalue weighted by molar-refractivity contribution is 0.173. The van der Waals surface area contributed by atoms with Gasteiger partial charge in [-0.2, -0.15) is 0 Å². The van der Waals surface area contributed by atoms with Crippen molar-refractivity contribution in [2.75, 3.05) is 37.9 Å². The number of hydrogen-bond donors (Lipinski definition) is 0. The first-order valence-corrected chi connectivity index (χ1v) is 8.52. The number of pyridine rings is 1. The summed E-state index contributed by atoms with van der Waals surface area (Å²) < 4.78 is 10.9. The minimum atomic E-state index is 0.329. The lowest BCUT2D eigenvalue weighted by Gasteiger charge is -2.38. The van der Waals surface area contributed by atoms with Gasteiger partial charge in [0.05, 0.1) is 0 Å². The maximum Gasteiger partial charge on any atom is 0.231 e. The predicted molar refractivity (Wildman–Crippen MR) is 93.7 cm³/mol. The Balaban J connectivity index is 1.41.